The molecule has 0 bridgehead atoms. The third-order valence-electron chi connectivity index (χ3n) is 0.861. The predicted octanol–water partition coefficient (Wildman–Crippen LogP) is 1.53. The van der Waals surface area contributed by atoms with Crippen molar-refractivity contribution in [2.75, 3.05) is 0 Å². The molecule has 0 amide bonds. The fourth-order valence-corrected chi connectivity index (χ4v) is 0.977. The summed E-state index contributed by atoms with van der Waals surface area (Å²) in [6.07, 6.45) is 0. The molecule has 0 aliphatic heterocycles. The molecule has 0 radical (unpaired) electrons. The number of rotatable bonds is 1. The van der Waals surface area contributed by atoms with Crippen molar-refractivity contribution in [3.05, 3.63) is 30.3 Å². The zero-order chi connectivity index (χ0) is 5.82. The maximum absolute atomic E-state index is 5.05. The Hall–Kier alpha value is -0.110. The Morgan fingerprint density at radius 3 is 2.12 bits per heavy atom. The van der Waals surface area contributed by atoms with Crippen molar-refractivity contribution in [3.63, 3.8) is 0 Å². The zero-order valence-electron chi connectivity index (χ0n) is 4.29. The van der Waals surface area contributed by atoms with E-state index in [0.717, 1.165) is 30.6 Å². The first-order chi connectivity index (χ1) is 3.93. The van der Waals surface area contributed by atoms with E-state index in [4.69, 9.17) is 2.85 Å². The fraction of sp³-hybridized carbons (Fsp3) is 0. The van der Waals surface area contributed by atoms with Crippen LogP contribution in [0.2, 0.25) is 0 Å². The Kier molecular flexibility index (Phi) is 2.27. The summed E-state index contributed by atoms with van der Waals surface area (Å²) >= 11 is 0.777. The van der Waals surface area contributed by atoms with Gasteiger partial charge >= 0.3 is 63.7 Å². The summed E-state index contributed by atoms with van der Waals surface area (Å²) in [5, 5.41) is 0. The van der Waals surface area contributed by atoms with Crippen LogP contribution in [0.25, 0.3) is 0 Å². The van der Waals surface area contributed by atoms with Gasteiger partial charge in [-0.15, -0.1) is 0 Å². The first kappa shape index (κ1) is 6.02. The maximum atomic E-state index is 5.05. The molecule has 39 valence electrons. The molecule has 0 saturated carbocycles. The van der Waals surface area contributed by atoms with E-state index in [1.165, 1.54) is 0 Å². The van der Waals surface area contributed by atoms with E-state index in [-0.39, 0.29) is 0 Å². The zero-order valence-corrected chi connectivity index (χ0v) is 7.89. The monoisotopic (exact) mass is 273 g/mol. The number of benzene rings is 1. The molecule has 8 heavy (non-hydrogen) atoms. The van der Waals surface area contributed by atoms with Gasteiger partial charge < -0.3 is 0 Å². The van der Waals surface area contributed by atoms with Gasteiger partial charge in [0, 0.05) is 0 Å². The number of para-hydroxylation sites is 1. The molecule has 1 nitrogen and oxygen atoms in total. The first-order valence-corrected chi connectivity index (χ1v) is 3.79. The van der Waals surface area contributed by atoms with Gasteiger partial charge in [0.05, 0.1) is 0 Å². The molecule has 0 aliphatic rings. The Bertz CT molecular complexity index is 150. The van der Waals surface area contributed by atoms with Gasteiger partial charge in [-0.25, -0.2) is 0 Å². The van der Waals surface area contributed by atoms with Gasteiger partial charge in [-0.3, -0.25) is 0 Å². The van der Waals surface area contributed by atoms with Crippen LogP contribution in [0.4, 0.5) is 0 Å². The molecule has 0 aromatic heterocycles. The van der Waals surface area contributed by atoms with Crippen LogP contribution in [0.15, 0.2) is 30.3 Å². The van der Waals surface area contributed by atoms with Crippen LogP contribution in [-0.2, 0) is 24.8 Å². The molecular weight excluding hydrogens is 267 g/mol. The summed E-state index contributed by atoms with van der Waals surface area (Å²) in [4.78, 5) is 0. The van der Waals surface area contributed by atoms with Crippen molar-refractivity contribution < 1.29 is 27.7 Å². The van der Waals surface area contributed by atoms with Gasteiger partial charge in [0.1, 0.15) is 0 Å². The van der Waals surface area contributed by atoms with E-state index >= 15 is 0 Å². The molecule has 0 saturated heterocycles. The SMILES string of the molecule is [Hf][O]c1ccccc1. The summed E-state index contributed by atoms with van der Waals surface area (Å²) in [5.74, 6) is 0.971. The van der Waals surface area contributed by atoms with Crippen LogP contribution in [0.3, 0.4) is 0 Å². The third kappa shape index (κ3) is 1.44. The second-order valence-electron chi connectivity index (χ2n) is 1.42. The van der Waals surface area contributed by atoms with Crippen LogP contribution in [-0.4, -0.2) is 0 Å². The topological polar surface area (TPSA) is 9.23 Å². The van der Waals surface area contributed by atoms with Crippen LogP contribution >= 0.6 is 0 Å². The minimum absolute atomic E-state index is 0.777. The second-order valence-corrected chi connectivity index (χ2v) is 2.15. The van der Waals surface area contributed by atoms with Gasteiger partial charge in [0.15, 0.2) is 0 Å². The molecule has 0 atom stereocenters. The summed E-state index contributed by atoms with van der Waals surface area (Å²) < 4.78 is 5.05. The van der Waals surface area contributed by atoms with E-state index in [9.17, 15) is 0 Å². The van der Waals surface area contributed by atoms with E-state index in [1.54, 1.807) is 0 Å². The van der Waals surface area contributed by atoms with Crippen LogP contribution in [0.5, 0.6) is 5.75 Å². The van der Waals surface area contributed by atoms with Gasteiger partial charge in [0.25, 0.3) is 0 Å². The molecule has 0 unspecified atom stereocenters. The summed E-state index contributed by atoms with van der Waals surface area (Å²) in [7, 11) is 0. The predicted molar refractivity (Wildman–Crippen MR) is 27.1 cm³/mol. The van der Waals surface area contributed by atoms with Crippen molar-refractivity contribution in [1.82, 2.24) is 0 Å². The molecule has 0 spiro atoms. The van der Waals surface area contributed by atoms with Gasteiger partial charge in [-0.1, -0.05) is 0 Å². The Morgan fingerprint density at radius 2 is 1.75 bits per heavy atom. The standard InChI is InChI=1S/C6H6O.Hf/c7-6-4-2-1-3-5-6;/h1-5,7H;/q;+1/p-1. The van der Waals surface area contributed by atoms with Crippen LogP contribution in [0, 0.1) is 0 Å². The van der Waals surface area contributed by atoms with Crippen molar-refractivity contribution in [2.45, 2.75) is 0 Å². The molecule has 0 N–H and O–H groups in total. The minimum atomic E-state index is 0.777. The molecule has 0 aliphatic carbocycles. The molecule has 1 rings (SSSR count). The second kappa shape index (κ2) is 3.02. The fourth-order valence-electron chi connectivity index (χ4n) is 0.489. The average molecular weight is 272 g/mol. The Labute approximate surface area is 63.8 Å². The van der Waals surface area contributed by atoms with E-state index in [0.29, 0.717) is 0 Å². The normalized spacial score (nSPS) is 8.38. The first-order valence-electron chi connectivity index (χ1n) is 2.32. The Morgan fingerprint density at radius 1 is 1.12 bits per heavy atom. The molecule has 0 fully saturated rings. The van der Waals surface area contributed by atoms with Crippen molar-refractivity contribution >= 4 is 0 Å². The quantitative estimate of drug-likeness (QED) is 0.704. The van der Waals surface area contributed by atoms with E-state index < -0.39 is 0 Å². The molecular formula is C6H5HfO. The van der Waals surface area contributed by atoms with E-state index in [2.05, 4.69) is 0 Å². The molecule has 1 aromatic carbocycles. The van der Waals surface area contributed by atoms with Crippen LogP contribution in [0.1, 0.15) is 0 Å². The summed E-state index contributed by atoms with van der Waals surface area (Å²) in [5.41, 5.74) is 0. The van der Waals surface area contributed by atoms with E-state index in [1.807, 2.05) is 30.3 Å². The Balaban J connectivity index is 2.83. The van der Waals surface area contributed by atoms with Crippen molar-refractivity contribution in [2.24, 2.45) is 0 Å². The van der Waals surface area contributed by atoms with Gasteiger partial charge in [-0.2, -0.15) is 0 Å². The molecule has 2 heteroatoms. The van der Waals surface area contributed by atoms with Crippen molar-refractivity contribution in [3.8, 4) is 5.75 Å². The van der Waals surface area contributed by atoms with Gasteiger partial charge in [0.2, 0.25) is 0 Å². The number of hydrogen-bond acceptors (Lipinski definition) is 1. The third-order valence-corrected chi connectivity index (χ3v) is 1.71. The summed E-state index contributed by atoms with van der Waals surface area (Å²) in [6.45, 7) is 0. The van der Waals surface area contributed by atoms with Gasteiger partial charge in [-0.05, 0) is 0 Å². The van der Waals surface area contributed by atoms with Crippen LogP contribution < -0.4 is 2.85 Å². The molecule has 0 heterocycles. The molecule has 1 aromatic rings. The van der Waals surface area contributed by atoms with Crippen molar-refractivity contribution in [1.29, 1.82) is 0 Å². The summed E-state index contributed by atoms with van der Waals surface area (Å²) in [6, 6.07) is 9.81. The average Bonchev–Trinajstić information content (AvgIpc) is 1.90. The number of hydrogen-bond donors (Lipinski definition) is 0.